The van der Waals surface area contributed by atoms with Crippen molar-refractivity contribution in [3.05, 3.63) is 29.8 Å². The van der Waals surface area contributed by atoms with Crippen molar-refractivity contribution < 1.29 is 9.59 Å². The van der Waals surface area contributed by atoms with Gasteiger partial charge in [-0.2, -0.15) is 0 Å². The van der Waals surface area contributed by atoms with Crippen LogP contribution in [0, 0.1) is 0 Å². The van der Waals surface area contributed by atoms with E-state index in [4.69, 9.17) is 5.73 Å². The van der Waals surface area contributed by atoms with Gasteiger partial charge in [0.2, 0.25) is 11.8 Å². The van der Waals surface area contributed by atoms with Crippen molar-refractivity contribution in [1.29, 1.82) is 0 Å². The molecule has 0 aromatic heterocycles. The molecule has 0 bridgehead atoms. The van der Waals surface area contributed by atoms with E-state index < -0.39 is 0 Å². The number of piperazine rings is 1. The van der Waals surface area contributed by atoms with E-state index in [-0.39, 0.29) is 30.3 Å². The van der Waals surface area contributed by atoms with Crippen LogP contribution in [0.15, 0.2) is 24.3 Å². The second kappa shape index (κ2) is 4.59. The van der Waals surface area contributed by atoms with Crippen LogP contribution in [-0.2, 0) is 15.0 Å². The first-order valence-electron chi connectivity index (χ1n) is 6.91. The maximum absolute atomic E-state index is 11.7. The zero-order valence-corrected chi connectivity index (χ0v) is 11.6. The van der Waals surface area contributed by atoms with Crippen LogP contribution >= 0.6 is 0 Å². The van der Waals surface area contributed by atoms with Crippen LogP contribution in [0.5, 0.6) is 0 Å². The lowest BCUT2D eigenvalue weighted by molar-refractivity contribution is -0.143. The molecule has 2 amide bonds. The summed E-state index contributed by atoms with van der Waals surface area (Å²) in [5, 5.41) is 0. The number of benzene rings is 1. The van der Waals surface area contributed by atoms with Crippen LogP contribution in [-0.4, -0.2) is 43.4 Å². The van der Waals surface area contributed by atoms with Crippen LogP contribution in [0.25, 0.3) is 0 Å². The number of hydrogen-bond acceptors (Lipinski definition) is 4. The highest BCUT2D eigenvalue weighted by Crippen LogP contribution is 2.47. The van der Waals surface area contributed by atoms with Gasteiger partial charge in [0, 0.05) is 24.7 Å². The monoisotopic (exact) mass is 273 g/mol. The minimum atomic E-state index is -0.161. The number of anilines is 1. The molecule has 1 saturated carbocycles. The summed E-state index contributed by atoms with van der Waals surface area (Å²) in [4.78, 5) is 26.4. The third kappa shape index (κ3) is 2.08. The molecule has 0 spiro atoms. The van der Waals surface area contributed by atoms with Gasteiger partial charge in [-0.05, 0) is 30.5 Å². The summed E-state index contributed by atoms with van der Waals surface area (Å²) in [5.74, 6) is -0.322. The number of amides is 2. The van der Waals surface area contributed by atoms with E-state index in [1.165, 1.54) is 17.5 Å². The minimum absolute atomic E-state index is 0.161. The zero-order valence-electron chi connectivity index (χ0n) is 11.6. The number of carbonyl (C=O) groups is 2. The molecule has 106 valence electrons. The van der Waals surface area contributed by atoms with Gasteiger partial charge >= 0.3 is 0 Å². The van der Waals surface area contributed by atoms with E-state index in [2.05, 4.69) is 12.1 Å². The van der Waals surface area contributed by atoms with E-state index in [1.807, 2.05) is 17.0 Å². The molecular weight excluding hydrogens is 254 g/mol. The first kappa shape index (κ1) is 13.1. The van der Waals surface area contributed by atoms with E-state index in [0.717, 1.165) is 18.5 Å². The van der Waals surface area contributed by atoms with Gasteiger partial charge in [0.25, 0.3) is 0 Å². The average molecular weight is 273 g/mol. The number of imide groups is 1. The Labute approximate surface area is 118 Å². The summed E-state index contributed by atoms with van der Waals surface area (Å²) in [7, 11) is 1.53. The first-order chi connectivity index (χ1) is 9.55. The lowest BCUT2D eigenvalue weighted by Gasteiger charge is -2.32. The molecule has 1 saturated heterocycles. The minimum Gasteiger partial charge on any atom is -0.353 e. The number of carbonyl (C=O) groups excluding carboxylic acids is 2. The predicted molar refractivity (Wildman–Crippen MR) is 76.4 cm³/mol. The Morgan fingerprint density at radius 1 is 1.10 bits per heavy atom. The molecule has 2 aliphatic rings. The zero-order chi connectivity index (χ0) is 14.3. The third-order valence-corrected chi connectivity index (χ3v) is 4.49. The van der Waals surface area contributed by atoms with E-state index in [0.29, 0.717) is 6.54 Å². The summed E-state index contributed by atoms with van der Waals surface area (Å²) in [6.45, 7) is 1.19. The molecule has 5 nitrogen and oxygen atoms in total. The van der Waals surface area contributed by atoms with E-state index in [9.17, 15) is 9.59 Å². The maximum atomic E-state index is 11.7. The number of hydrogen-bond donors (Lipinski definition) is 1. The fraction of sp³-hybridized carbons (Fsp3) is 0.467. The van der Waals surface area contributed by atoms with Gasteiger partial charge in [0.1, 0.15) is 0 Å². The summed E-state index contributed by atoms with van der Waals surface area (Å²) < 4.78 is 0. The second-order valence-corrected chi connectivity index (χ2v) is 5.73. The van der Waals surface area contributed by atoms with Crippen LogP contribution in [0.1, 0.15) is 18.4 Å². The highest BCUT2D eigenvalue weighted by molar-refractivity contribution is 6.02. The quantitative estimate of drug-likeness (QED) is 0.814. The molecule has 3 rings (SSSR count). The largest absolute Gasteiger partial charge is 0.353 e. The Morgan fingerprint density at radius 3 is 2.10 bits per heavy atom. The lowest BCUT2D eigenvalue weighted by atomic mass is 9.96. The molecule has 1 heterocycles. The van der Waals surface area contributed by atoms with Crippen LogP contribution in [0.4, 0.5) is 5.69 Å². The molecule has 5 heteroatoms. The van der Waals surface area contributed by atoms with Gasteiger partial charge < -0.3 is 10.6 Å². The lowest BCUT2D eigenvalue weighted by Crippen LogP contribution is -2.52. The summed E-state index contributed by atoms with van der Waals surface area (Å²) in [6, 6.07) is 8.11. The van der Waals surface area contributed by atoms with Crippen molar-refractivity contribution in [2.24, 2.45) is 5.73 Å². The van der Waals surface area contributed by atoms with Crippen molar-refractivity contribution in [2.45, 2.75) is 18.3 Å². The summed E-state index contributed by atoms with van der Waals surface area (Å²) in [6.07, 6.45) is 2.29. The molecule has 2 fully saturated rings. The van der Waals surface area contributed by atoms with Crippen LogP contribution in [0.2, 0.25) is 0 Å². The van der Waals surface area contributed by atoms with Crippen LogP contribution in [0.3, 0.4) is 0 Å². The van der Waals surface area contributed by atoms with Crippen molar-refractivity contribution in [2.75, 3.05) is 31.6 Å². The van der Waals surface area contributed by atoms with Gasteiger partial charge in [-0.1, -0.05) is 12.1 Å². The predicted octanol–water partition coefficient (Wildman–Crippen LogP) is 0.482. The molecule has 0 unspecified atom stereocenters. The number of rotatable bonds is 3. The number of nitrogens with zero attached hydrogens (tertiary/aromatic N) is 2. The second-order valence-electron chi connectivity index (χ2n) is 5.73. The van der Waals surface area contributed by atoms with Crippen molar-refractivity contribution >= 4 is 17.5 Å². The molecule has 1 aliphatic carbocycles. The molecular formula is C15H19N3O2. The standard InChI is InChI=1S/C15H19N3O2/c1-17-13(19)8-18(9-14(17)20)12-4-2-11(3-5-12)15(10-16)6-7-15/h2-5H,6-10,16H2,1H3. The van der Waals surface area contributed by atoms with Gasteiger partial charge in [-0.3, -0.25) is 14.5 Å². The van der Waals surface area contributed by atoms with Crippen molar-refractivity contribution in [3.63, 3.8) is 0 Å². The van der Waals surface area contributed by atoms with E-state index >= 15 is 0 Å². The van der Waals surface area contributed by atoms with Crippen molar-refractivity contribution in [3.8, 4) is 0 Å². The Hall–Kier alpha value is -1.88. The third-order valence-electron chi connectivity index (χ3n) is 4.49. The molecule has 1 aliphatic heterocycles. The van der Waals surface area contributed by atoms with E-state index in [1.54, 1.807) is 0 Å². The number of nitrogens with two attached hydrogens (primary N) is 1. The smallest absolute Gasteiger partial charge is 0.248 e. The Kier molecular flexibility index (Phi) is 3.01. The SMILES string of the molecule is CN1C(=O)CN(c2ccc(C3(CN)CC3)cc2)CC1=O. The molecule has 2 N–H and O–H groups in total. The number of likely N-dealkylation sites (N-methyl/N-ethyl adjacent to an activating group) is 1. The molecule has 1 aromatic rings. The first-order valence-corrected chi connectivity index (χ1v) is 6.91. The van der Waals surface area contributed by atoms with Gasteiger partial charge in [0.15, 0.2) is 0 Å². The maximum Gasteiger partial charge on any atom is 0.248 e. The average Bonchev–Trinajstić information content (AvgIpc) is 3.25. The molecule has 20 heavy (non-hydrogen) atoms. The normalized spacial score (nSPS) is 21.3. The van der Waals surface area contributed by atoms with Crippen LogP contribution < -0.4 is 10.6 Å². The fourth-order valence-electron chi connectivity index (χ4n) is 2.70. The van der Waals surface area contributed by atoms with Gasteiger partial charge in [-0.25, -0.2) is 0 Å². The van der Waals surface area contributed by atoms with Crippen molar-refractivity contribution in [1.82, 2.24) is 4.90 Å². The summed E-state index contributed by atoms with van der Waals surface area (Å²) in [5.41, 5.74) is 8.17. The highest BCUT2D eigenvalue weighted by Gasteiger charge is 2.42. The molecule has 0 atom stereocenters. The topological polar surface area (TPSA) is 66.6 Å². The Bertz CT molecular complexity index is 531. The highest BCUT2D eigenvalue weighted by atomic mass is 16.2. The Balaban J connectivity index is 1.78. The van der Waals surface area contributed by atoms with Gasteiger partial charge in [-0.15, -0.1) is 0 Å². The summed E-state index contributed by atoms with van der Waals surface area (Å²) >= 11 is 0. The molecule has 1 aromatic carbocycles. The Morgan fingerprint density at radius 2 is 1.65 bits per heavy atom. The fourth-order valence-corrected chi connectivity index (χ4v) is 2.70. The molecule has 0 radical (unpaired) electrons. The van der Waals surface area contributed by atoms with Gasteiger partial charge in [0.05, 0.1) is 13.1 Å².